The number of carbonyl (C=O) groups is 4. The summed E-state index contributed by atoms with van der Waals surface area (Å²) in [6.07, 6.45) is 8.75. The summed E-state index contributed by atoms with van der Waals surface area (Å²) in [6.45, 7) is 7.78. The van der Waals surface area contributed by atoms with E-state index in [1.807, 2.05) is 30.3 Å². The minimum atomic E-state index is -0.653. The van der Waals surface area contributed by atoms with Crippen molar-refractivity contribution in [3.8, 4) is 0 Å². The summed E-state index contributed by atoms with van der Waals surface area (Å²) in [5.74, 6) is -1.65. The zero-order valence-corrected chi connectivity index (χ0v) is 24.6. The third kappa shape index (κ3) is 13.3. The van der Waals surface area contributed by atoms with Crippen LogP contribution in [0.2, 0.25) is 0 Å². The van der Waals surface area contributed by atoms with Gasteiger partial charge in [-0.3, -0.25) is 14.4 Å². The number of unbranched alkanes of at least 4 members (excludes halogenated alkanes) is 1. The van der Waals surface area contributed by atoms with Crippen molar-refractivity contribution in [2.75, 3.05) is 19.8 Å². The lowest BCUT2D eigenvalue weighted by molar-refractivity contribution is -0.145. The number of nitrogens with one attached hydrogen (secondary N) is 3. The first-order chi connectivity index (χ1) is 20.3. The number of ether oxygens (including phenoxy) is 2. The van der Waals surface area contributed by atoms with E-state index in [4.69, 9.17) is 9.47 Å². The van der Waals surface area contributed by atoms with Crippen LogP contribution in [0.25, 0.3) is 0 Å². The van der Waals surface area contributed by atoms with Crippen molar-refractivity contribution < 1.29 is 33.8 Å². The molecule has 1 aliphatic carbocycles. The molecule has 0 aliphatic heterocycles. The van der Waals surface area contributed by atoms with Crippen LogP contribution in [0.3, 0.4) is 0 Å². The maximum Gasteiger partial charge on any atom is 0.407 e. The Morgan fingerprint density at radius 1 is 1.02 bits per heavy atom. The average molecular weight is 586 g/mol. The topological polar surface area (TPSA) is 143 Å². The Morgan fingerprint density at radius 3 is 2.43 bits per heavy atom. The molecule has 232 valence electrons. The fraction of sp³-hybridized carbons (Fsp3) is 0.562. The second-order valence-electron chi connectivity index (χ2n) is 10.8. The number of rotatable bonds is 20. The number of alkyl carbamates (subject to hydrolysis) is 1. The highest BCUT2D eigenvalue weighted by atomic mass is 16.5. The lowest BCUT2D eigenvalue weighted by Gasteiger charge is -2.29. The lowest BCUT2D eigenvalue weighted by Crippen LogP contribution is -2.50. The summed E-state index contributed by atoms with van der Waals surface area (Å²) in [4.78, 5) is 50.1. The maximum atomic E-state index is 13.2. The molecule has 0 saturated heterocycles. The number of allylic oxidation sites excluding steroid dienone is 2. The van der Waals surface area contributed by atoms with E-state index in [2.05, 4.69) is 29.1 Å². The lowest BCUT2D eigenvalue weighted by atomic mass is 9.95. The molecule has 0 heterocycles. The summed E-state index contributed by atoms with van der Waals surface area (Å²) in [5, 5.41) is 18.4. The van der Waals surface area contributed by atoms with Crippen LogP contribution >= 0.6 is 0 Å². The predicted molar refractivity (Wildman–Crippen MR) is 160 cm³/mol. The number of hydrogen-bond donors (Lipinski definition) is 4. The summed E-state index contributed by atoms with van der Waals surface area (Å²) in [5.41, 5.74) is 0.281. The Balaban J connectivity index is 1.86. The van der Waals surface area contributed by atoms with E-state index in [9.17, 15) is 24.3 Å². The van der Waals surface area contributed by atoms with Crippen molar-refractivity contribution in [1.29, 1.82) is 0 Å². The molecule has 2 rings (SSSR count). The number of aliphatic hydroxyl groups excluding tert-OH is 1. The second kappa shape index (κ2) is 19.5. The Kier molecular flexibility index (Phi) is 16.0. The minimum Gasteiger partial charge on any atom is -0.463 e. The van der Waals surface area contributed by atoms with Crippen LogP contribution in [-0.2, 0) is 30.5 Å². The molecule has 1 aromatic rings. The molecule has 10 nitrogen and oxygen atoms in total. The van der Waals surface area contributed by atoms with Crippen LogP contribution in [0.1, 0.15) is 76.2 Å². The number of carbonyl (C=O) groups excluding carboxylic acids is 4. The first kappa shape index (κ1) is 34.5. The Bertz CT molecular complexity index is 1010. The number of hydrogen-bond acceptors (Lipinski definition) is 7. The second-order valence-corrected chi connectivity index (χ2v) is 10.8. The number of amides is 3. The fourth-order valence-electron chi connectivity index (χ4n) is 4.91. The van der Waals surface area contributed by atoms with Gasteiger partial charge >= 0.3 is 12.1 Å². The van der Waals surface area contributed by atoms with Gasteiger partial charge in [0.25, 0.3) is 0 Å². The monoisotopic (exact) mass is 585 g/mol. The summed E-state index contributed by atoms with van der Waals surface area (Å²) < 4.78 is 10.6. The molecule has 0 radical (unpaired) electrons. The predicted octanol–water partition coefficient (Wildman–Crippen LogP) is 4.08. The zero-order chi connectivity index (χ0) is 30.6. The fourth-order valence-corrected chi connectivity index (χ4v) is 4.91. The molecule has 0 unspecified atom stereocenters. The minimum absolute atomic E-state index is 0.00507. The van der Waals surface area contributed by atoms with Crippen molar-refractivity contribution >= 4 is 23.9 Å². The smallest absolute Gasteiger partial charge is 0.407 e. The highest BCUT2D eigenvalue weighted by Crippen LogP contribution is 2.29. The summed E-state index contributed by atoms with van der Waals surface area (Å²) in [7, 11) is 0. The van der Waals surface area contributed by atoms with Gasteiger partial charge in [0, 0.05) is 19.4 Å². The zero-order valence-electron chi connectivity index (χ0n) is 24.6. The van der Waals surface area contributed by atoms with Gasteiger partial charge in [0.2, 0.25) is 11.8 Å². The highest BCUT2D eigenvalue weighted by Gasteiger charge is 2.35. The van der Waals surface area contributed by atoms with Gasteiger partial charge in [0.15, 0.2) is 0 Å². The van der Waals surface area contributed by atoms with Crippen LogP contribution in [0.4, 0.5) is 4.79 Å². The quantitative estimate of drug-likeness (QED) is 0.103. The third-order valence-corrected chi connectivity index (χ3v) is 7.33. The van der Waals surface area contributed by atoms with E-state index < -0.39 is 23.6 Å². The standard InChI is InChI=1S/C32H47N3O7/c1-3-5-17-29(38)41-23-27(16-9-12-20-33-31(40)42-22-25-14-7-6-8-15-25)34-30(39)26(13-4-2)21-28(37)35-32(24-36)18-10-11-19-32/h3-4,6-8,14-15,26-27,36H,1-2,5,9-13,16-24H2,(H,33,40)(H,34,39)(H,35,37)/t26-,27-/m0/s1. The Morgan fingerprint density at radius 2 is 1.76 bits per heavy atom. The molecular weight excluding hydrogens is 538 g/mol. The largest absolute Gasteiger partial charge is 0.463 e. The molecule has 0 bridgehead atoms. The van der Waals surface area contributed by atoms with Crippen molar-refractivity contribution in [3.63, 3.8) is 0 Å². The van der Waals surface area contributed by atoms with E-state index in [1.165, 1.54) is 0 Å². The van der Waals surface area contributed by atoms with Gasteiger partial charge in [-0.1, -0.05) is 55.3 Å². The number of benzene rings is 1. The van der Waals surface area contributed by atoms with Gasteiger partial charge in [-0.25, -0.2) is 4.79 Å². The van der Waals surface area contributed by atoms with Crippen LogP contribution in [0, 0.1) is 5.92 Å². The molecule has 3 amide bonds. The Labute approximate surface area is 249 Å². The molecule has 1 saturated carbocycles. The van der Waals surface area contributed by atoms with Gasteiger partial charge in [-0.15, -0.1) is 13.2 Å². The van der Waals surface area contributed by atoms with E-state index in [1.54, 1.807) is 12.2 Å². The highest BCUT2D eigenvalue weighted by molar-refractivity contribution is 5.86. The SMILES string of the molecule is C=CCCC(=O)OC[C@H](CCCCNC(=O)OCc1ccccc1)NC(=O)[C@@H](CC=C)CC(=O)NC1(CO)CCCC1. The summed E-state index contributed by atoms with van der Waals surface area (Å²) >= 11 is 0. The molecule has 42 heavy (non-hydrogen) atoms. The van der Waals surface area contributed by atoms with Crippen molar-refractivity contribution in [1.82, 2.24) is 16.0 Å². The molecule has 10 heteroatoms. The first-order valence-corrected chi connectivity index (χ1v) is 14.8. The third-order valence-electron chi connectivity index (χ3n) is 7.33. The molecule has 1 fully saturated rings. The first-order valence-electron chi connectivity index (χ1n) is 14.8. The molecule has 1 aromatic carbocycles. The van der Waals surface area contributed by atoms with Gasteiger partial charge in [-0.05, 0) is 50.5 Å². The van der Waals surface area contributed by atoms with E-state index in [0.29, 0.717) is 51.5 Å². The number of esters is 1. The molecule has 2 atom stereocenters. The van der Waals surface area contributed by atoms with Gasteiger partial charge in [0.05, 0.1) is 24.1 Å². The molecule has 4 N–H and O–H groups in total. The van der Waals surface area contributed by atoms with Gasteiger partial charge in [0.1, 0.15) is 13.2 Å². The van der Waals surface area contributed by atoms with Crippen molar-refractivity contribution in [2.45, 2.75) is 88.8 Å². The Hall–Kier alpha value is -3.66. The van der Waals surface area contributed by atoms with Crippen LogP contribution in [0.15, 0.2) is 55.6 Å². The average Bonchev–Trinajstić information content (AvgIpc) is 3.46. The van der Waals surface area contributed by atoms with Crippen molar-refractivity contribution in [3.05, 3.63) is 61.2 Å². The molecule has 0 spiro atoms. The summed E-state index contributed by atoms with van der Waals surface area (Å²) in [6, 6.07) is 8.92. The number of aliphatic hydroxyl groups is 1. The van der Waals surface area contributed by atoms with E-state index in [-0.39, 0.29) is 50.4 Å². The van der Waals surface area contributed by atoms with Crippen molar-refractivity contribution in [2.24, 2.45) is 5.92 Å². The normalized spacial score (nSPS) is 15.1. The van der Waals surface area contributed by atoms with Crippen LogP contribution in [-0.4, -0.2) is 60.3 Å². The van der Waals surface area contributed by atoms with Gasteiger partial charge in [-0.2, -0.15) is 0 Å². The van der Waals surface area contributed by atoms with Crippen LogP contribution < -0.4 is 16.0 Å². The van der Waals surface area contributed by atoms with E-state index >= 15 is 0 Å². The van der Waals surface area contributed by atoms with Gasteiger partial charge < -0.3 is 30.5 Å². The van der Waals surface area contributed by atoms with Crippen LogP contribution in [0.5, 0.6) is 0 Å². The van der Waals surface area contributed by atoms with E-state index in [0.717, 1.165) is 18.4 Å². The maximum absolute atomic E-state index is 13.2. The molecular formula is C32H47N3O7. The molecule has 1 aliphatic rings. The molecule has 0 aromatic heterocycles.